The second kappa shape index (κ2) is 6.10. The number of anilines is 2. The number of fused-ring (bicyclic) bond motifs is 1. The number of carbonyl (C=O) groups excluding carboxylic acids is 1. The van der Waals surface area contributed by atoms with Crippen molar-refractivity contribution in [3.8, 4) is 0 Å². The number of oxazole rings is 1. The van der Waals surface area contributed by atoms with Crippen LogP contribution in [0.1, 0.15) is 15.9 Å². The lowest BCUT2D eigenvalue weighted by atomic mass is 10.1. The fraction of sp³-hybridized carbons (Fsp3) is 0.125. The number of amides is 1. The quantitative estimate of drug-likeness (QED) is 0.657. The van der Waals surface area contributed by atoms with Crippen LogP contribution in [0.2, 0.25) is 0 Å². The van der Waals surface area contributed by atoms with Gasteiger partial charge in [-0.25, -0.2) is 13.2 Å². The molecular formula is C16H15N3O5S. The van der Waals surface area contributed by atoms with E-state index in [1.807, 2.05) is 0 Å². The lowest BCUT2D eigenvalue weighted by Gasteiger charge is -2.10. The largest absolute Gasteiger partial charge is 0.417 e. The van der Waals surface area contributed by atoms with Crippen molar-refractivity contribution in [1.29, 1.82) is 0 Å². The number of nitrogens with one attached hydrogen (secondary N) is 3. The Labute approximate surface area is 142 Å². The third kappa shape index (κ3) is 3.89. The molecule has 0 aliphatic heterocycles. The van der Waals surface area contributed by atoms with Crippen molar-refractivity contribution < 1.29 is 17.6 Å². The lowest BCUT2D eigenvalue weighted by molar-refractivity contribution is 0.102. The summed E-state index contributed by atoms with van der Waals surface area (Å²) in [7, 11) is -3.45. The highest BCUT2D eigenvalue weighted by atomic mass is 32.2. The first-order chi connectivity index (χ1) is 11.7. The molecule has 3 rings (SSSR count). The second-order valence-corrected chi connectivity index (χ2v) is 7.33. The van der Waals surface area contributed by atoms with E-state index in [0.29, 0.717) is 28.0 Å². The number of aryl methyl sites for hydroxylation is 1. The molecule has 0 saturated carbocycles. The summed E-state index contributed by atoms with van der Waals surface area (Å²) < 4.78 is 30.1. The van der Waals surface area contributed by atoms with Gasteiger partial charge in [0.25, 0.3) is 5.91 Å². The SMILES string of the molecule is Cc1ccc(C(=O)Nc2ccc3oc(=O)[nH]c3c2)cc1NS(C)(=O)=O. The summed E-state index contributed by atoms with van der Waals surface area (Å²) in [6.07, 6.45) is 1.04. The molecule has 8 nitrogen and oxygen atoms in total. The summed E-state index contributed by atoms with van der Waals surface area (Å²) >= 11 is 0. The normalized spacial score (nSPS) is 11.4. The molecule has 1 aromatic heterocycles. The fourth-order valence-electron chi connectivity index (χ4n) is 2.31. The number of sulfonamides is 1. The molecule has 3 N–H and O–H groups in total. The zero-order chi connectivity index (χ0) is 18.2. The standard InChI is InChI=1S/C16H15N3O5S/c1-9-3-4-10(7-12(9)19-25(2,22)23)15(20)17-11-5-6-14-13(8-11)18-16(21)24-14/h3-8,19H,1-2H3,(H,17,20)(H,18,21). The first-order valence-corrected chi connectivity index (χ1v) is 9.13. The van der Waals surface area contributed by atoms with Crippen LogP contribution in [-0.2, 0) is 10.0 Å². The topological polar surface area (TPSA) is 121 Å². The molecule has 0 radical (unpaired) electrons. The Morgan fingerprint density at radius 2 is 1.92 bits per heavy atom. The number of hydrogen-bond donors (Lipinski definition) is 3. The van der Waals surface area contributed by atoms with Crippen molar-refractivity contribution in [3.05, 3.63) is 58.1 Å². The molecular weight excluding hydrogens is 346 g/mol. The molecule has 25 heavy (non-hydrogen) atoms. The highest BCUT2D eigenvalue weighted by Gasteiger charge is 2.12. The lowest BCUT2D eigenvalue weighted by Crippen LogP contribution is -2.14. The van der Waals surface area contributed by atoms with E-state index in [2.05, 4.69) is 15.0 Å². The van der Waals surface area contributed by atoms with Gasteiger partial charge >= 0.3 is 5.76 Å². The zero-order valence-electron chi connectivity index (χ0n) is 13.4. The van der Waals surface area contributed by atoms with Gasteiger partial charge in [0.15, 0.2) is 5.58 Å². The smallest absolute Gasteiger partial charge is 0.408 e. The van der Waals surface area contributed by atoms with E-state index in [4.69, 9.17) is 4.42 Å². The van der Waals surface area contributed by atoms with Crippen molar-refractivity contribution in [2.75, 3.05) is 16.3 Å². The van der Waals surface area contributed by atoms with Crippen molar-refractivity contribution >= 4 is 38.4 Å². The predicted molar refractivity (Wildman–Crippen MR) is 94.4 cm³/mol. The molecule has 0 atom stereocenters. The van der Waals surface area contributed by atoms with Crippen LogP contribution in [0.5, 0.6) is 0 Å². The maximum absolute atomic E-state index is 12.4. The first kappa shape index (κ1) is 16.8. The molecule has 0 aliphatic carbocycles. The van der Waals surface area contributed by atoms with Gasteiger partial charge < -0.3 is 9.73 Å². The molecule has 2 aromatic carbocycles. The van der Waals surface area contributed by atoms with Crippen LogP contribution >= 0.6 is 0 Å². The van der Waals surface area contributed by atoms with Gasteiger partial charge in [0.1, 0.15) is 0 Å². The summed E-state index contributed by atoms with van der Waals surface area (Å²) in [5, 5.41) is 2.69. The zero-order valence-corrected chi connectivity index (χ0v) is 14.2. The molecule has 1 heterocycles. The number of rotatable bonds is 4. The molecule has 0 aliphatic rings. The molecule has 0 fully saturated rings. The number of H-pyrrole nitrogens is 1. The van der Waals surface area contributed by atoms with Gasteiger partial charge in [-0.15, -0.1) is 0 Å². The van der Waals surface area contributed by atoms with Crippen LogP contribution in [0.15, 0.2) is 45.6 Å². The molecule has 0 bridgehead atoms. The third-order valence-electron chi connectivity index (χ3n) is 3.47. The Bertz CT molecular complexity index is 1130. The van der Waals surface area contributed by atoms with E-state index < -0.39 is 21.7 Å². The van der Waals surface area contributed by atoms with Crippen molar-refractivity contribution in [3.63, 3.8) is 0 Å². The monoisotopic (exact) mass is 361 g/mol. The summed E-state index contributed by atoms with van der Waals surface area (Å²) in [5.74, 6) is -0.991. The average Bonchev–Trinajstić information content (AvgIpc) is 2.87. The van der Waals surface area contributed by atoms with E-state index in [1.165, 1.54) is 6.07 Å². The summed E-state index contributed by atoms with van der Waals surface area (Å²) in [4.78, 5) is 26.1. The minimum Gasteiger partial charge on any atom is -0.408 e. The maximum Gasteiger partial charge on any atom is 0.417 e. The Morgan fingerprint density at radius 3 is 2.64 bits per heavy atom. The molecule has 9 heteroatoms. The van der Waals surface area contributed by atoms with Gasteiger partial charge in [0.2, 0.25) is 10.0 Å². The Balaban J connectivity index is 1.86. The van der Waals surface area contributed by atoms with Crippen LogP contribution in [0.3, 0.4) is 0 Å². The van der Waals surface area contributed by atoms with Crippen LogP contribution < -0.4 is 15.8 Å². The van der Waals surface area contributed by atoms with Gasteiger partial charge in [-0.05, 0) is 42.8 Å². The van der Waals surface area contributed by atoms with Gasteiger partial charge in [0, 0.05) is 11.3 Å². The summed E-state index contributed by atoms with van der Waals surface area (Å²) in [6, 6.07) is 9.44. The Morgan fingerprint density at radius 1 is 1.16 bits per heavy atom. The average molecular weight is 361 g/mol. The predicted octanol–water partition coefficient (Wildman–Crippen LogP) is 2.05. The Kier molecular flexibility index (Phi) is 4.09. The second-order valence-electron chi connectivity index (χ2n) is 5.58. The van der Waals surface area contributed by atoms with Crippen LogP contribution in [0.4, 0.5) is 11.4 Å². The molecule has 0 unspecified atom stereocenters. The van der Waals surface area contributed by atoms with E-state index in [-0.39, 0.29) is 5.56 Å². The van der Waals surface area contributed by atoms with Crippen LogP contribution in [-0.4, -0.2) is 25.6 Å². The van der Waals surface area contributed by atoms with Gasteiger partial charge in [-0.2, -0.15) is 0 Å². The van der Waals surface area contributed by atoms with Crippen LogP contribution in [0.25, 0.3) is 11.1 Å². The Hall–Kier alpha value is -3.07. The first-order valence-electron chi connectivity index (χ1n) is 7.24. The van der Waals surface area contributed by atoms with Crippen molar-refractivity contribution in [1.82, 2.24) is 4.98 Å². The number of aromatic nitrogens is 1. The maximum atomic E-state index is 12.4. The highest BCUT2D eigenvalue weighted by Crippen LogP contribution is 2.20. The molecule has 130 valence electrons. The molecule has 0 spiro atoms. The van der Waals surface area contributed by atoms with Gasteiger partial charge in [-0.3, -0.25) is 14.5 Å². The van der Waals surface area contributed by atoms with Crippen LogP contribution in [0, 0.1) is 6.92 Å². The number of aromatic amines is 1. The van der Waals surface area contributed by atoms with E-state index in [1.54, 1.807) is 37.3 Å². The fourth-order valence-corrected chi connectivity index (χ4v) is 2.93. The number of benzene rings is 2. The third-order valence-corrected chi connectivity index (χ3v) is 4.06. The van der Waals surface area contributed by atoms with Crippen molar-refractivity contribution in [2.45, 2.75) is 6.92 Å². The van der Waals surface area contributed by atoms with Gasteiger partial charge in [0.05, 0.1) is 17.5 Å². The van der Waals surface area contributed by atoms with Crippen molar-refractivity contribution in [2.24, 2.45) is 0 Å². The minimum atomic E-state index is -3.45. The number of carbonyl (C=O) groups is 1. The van der Waals surface area contributed by atoms with Gasteiger partial charge in [-0.1, -0.05) is 6.07 Å². The summed E-state index contributed by atoms with van der Waals surface area (Å²) in [5.41, 5.74) is 2.64. The molecule has 3 aromatic rings. The number of hydrogen-bond acceptors (Lipinski definition) is 5. The minimum absolute atomic E-state index is 0.289. The van der Waals surface area contributed by atoms with E-state index in [0.717, 1.165) is 6.26 Å². The van der Waals surface area contributed by atoms with E-state index >= 15 is 0 Å². The molecule has 1 amide bonds. The summed E-state index contributed by atoms with van der Waals surface area (Å²) in [6.45, 7) is 1.73. The van der Waals surface area contributed by atoms with E-state index in [9.17, 15) is 18.0 Å². The highest BCUT2D eigenvalue weighted by molar-refractivity contribution is 7.92. The molecule has 0 saturated heterocycles.